The van der Waals surface area contributed by atoms with Crippen LogP contribution in [0.5, 0.6) is 0 Å². The Morgan fingerprint density at radius 1 is 1.18 bits per heavy atom. The number of carbonyl (C=O) groups is 1. The molecule has 1 aliphatic rings. The van der Waals surface area contributed by atoms with E-state index in [0.717, 1.165) is 36.1 Å². The van der Waals surface area contributed by atoms with Crippen molar-refractivity contribution in [3.63, 3.8) is 0 Å². The zero-order valence-electron chi connectivity index (χ0n) is 15.2. The van der Waals surface area contributed by atoms with Crippen LogP contribution >= 0.6 is 15.9 Å². The first-order valence-electron chi connectivity index (χ1n) is 9.23. The van der Waals surface area contributed by atoms with Gasteiger partial charge in [-0.3, -0.25) is 4.79 Å². The molecule has 5 nitrogen and oxygen atoms in total. The Morgan fingerprint density at radius 2 is 1.93 bits per heavy atom. The molecule has 0 bridgehead atoms. The summed E-state index contributed by atoms with van der Waals surface area (Å²) in [5.74, 6) is -0.360. The van der Waals surface area contributed by atoms with Crippen molar-refractivity contribution in [1.29, 1.82) is 0 Å². The first-order chi connectivity index (χ1) is 13.6. The fraction of sp³-hybridized carbons (Fsp3) is 0.238. The molecule has 1 saturated heterocycles. The zero-order chi connectivity index (χ0) is 19.5. The predicted molar refractivity (Wildman–Crippen MR) is 110 cm³/mol. The Bertz CT molecular complexity index is 980. The highest BCUT2D eigenvalue weighted by atomic mass is 79.9. The lowest BCUT2D eigenvalue weighted by molar-refractivity contribution is 0.102. The maximum atomic E-state index is 13.8. The number of benzene rings is 2. The molecule has 0 spiro atoms. The van der Waals surface area contributed by atoms with Gasteiger partial charge in [0.15, 0.2) is 0 Å². The van der Waals surface area contributed by atoms with E-state index in [1.165, 1.54) is 12.1 Å². The molecule has 4 rings (SSSR count). The van der Waals surface area contributed by atoms with Gasteiger partial charge in [-0.2, -0.15) is 5.10 Å². The van der Waals surface area contributed by atoms with Gasteiger partial charge in [0.2, 0.25) is 0 Å². The molecule has 1 aliphatic heterocycles. The minimum absolute atomic E-state index is 0.178. The molecule has 2 heterocycles. The molecule has 2 N–H and O–H groups in total. The van der Waals surface area contributed by atoms with Crippen LogP contribution < -0.4 is 10.6 Å². The molecule has 2 aromatic carbocycles. The second-order valence-electron chi connectivity index (χ2n) is 6.82. The van der Waals surface area contributed by atoms with Gasteiger partial charge in [0, 0.05) is 16.1 Å². The number of rotatable bonds is 4. The number of nitrogens with zero attached hydrogens (tertiary/aromatic N) is 2. The van der Waals surface area contributed by atoms with Crippen LogP contribution in [0.1, 0.15) is 34.8 Å². The maximum absolute atomic E-state index is 13.8. The van der Waals surface area contributed by atoms with Crippen molar-refractivity contribution in [2.24, 2.45) is 0 Å². The van der Waals surface area contributed by atoms with Crippen molar-refractivity contribution in [3.8, 4) is 5.69 Å². The Kier molecular flexibility index (Phi) is 5.54. The van der Waals surface area contributed by atoms with Crippen molar-refractivity contribution in [2.75, 3.05) is 18.4 Å². The number of hydrogen-bond donors (Lipinski definition) is 2. The van der Waals surface area contributed by atoms with E-state index < -0.39 is 0 Å². The highest BCUT2D eigenvalue weighted by molar-refractivity contribution is 9.10. The number of aromatic nitrogens is 2. The van der Waals surface area contributed by atoms with Crippen LogP contribution in [0, 0.1) is 5.82 Å². The van der Waals surface area contributed by atoms with Crippen LogP contribution in [0.15, 0.2) is 59.2 Å². The second kappa shape index (κ2) is 8.24. The summed E-state index contributed by atoms with van der Waals surface area (Å²) in [5, 5.41) is 10.7. The number of anilines is 1. The molecule has 0 atom stereocenters. The van der Waals surface area contributed by atoms with Crippen LogP contribution in [0.25, 0.3) is 5.69 Å². The van der Waals surface area contributed by atoms with Crippen LogP contribution in [-0.4, -0.2) is 28.8 Å². The molecular weight excluding hydrogens is 423 g/mol. The molecule has 0 saturated carbocycles. The Hall–Kier alpha value is -2.51. The molecular formula is C21H20BrFN4O. The molecule has 7 heteroatoms. The lowest BCUT2D eigenvalue weighted by Gasteiger charge is -2.24. The van der Waals surface area contributed by atoms with Gasteiger partial charge in [-0.15, -0.1) is 0 Å². The van der Waals surface area contributed by atoms with Crippen LogP contribution in [0.3, 0.4) is 0 Å². The number of piperidine rings is 1. The van der Waals surface area contributed by atoms with Gasteiger partial charge in [0.05, 0.1) is 23.1 Å². The Balaban J connectivity index is 1.71. The molecule has 3 aromatic rings. The van der Waals surface area contributed by atoms with Crippen molar-refractivity contribution < 1.29 is 9.18 Å². The smallest absolute Gasteiger partial charge is 0.259 e. The van der Waals surface area contributed by atoms with Gasteiger partial charge in [-0.25, -0.2) is 9.07 Å². The standard InChI is InChI=1S/C21H20BrFN4O/c22-15-4-6-17(7-5-15)26-21(28)19-13-25-27(18-3-1-2-16(23)12-18)20(19)14-8-10-24-11-9-14/h1-7,12-14,24H,8-11H2,(H,26,28). The SMILES string of the molecule is O=C(Nc1ccc(Br)cc1)c1cnn(-c2cccc(F)c2)c1C1CCNCC1. The minimum Gasteiger partial charge on any atom is -0.322 e. The van der Waals surface area contributed by atoms with E-state index in [2.05, 4.69) is 31.7 Å². The third-order valence-electron chi connectivity index (χ3n) is 4.93. The lowest BCUT2D eigenvalue weighted by atomic mass is 9.91. The first-order valence-corrected chi connectivity index (χ1v) is 10.0. The highest BCUT2D eigenvalue weighted by Gasteiger charge is 2.27. The van der Waals surface area contributed by atoms with Gasteiger partial charge in [0.1, 0.15) is 5.82 Å². The van der Waals surface area contributed by atoms with Crippen molar-refractivity contribution >= 4 is 27.5 Å². The van der Waals surface area contributed by atoms with E-state index in [-0.39, 0.29) is 17.6 Å². The second-order valence-corrected chi connectivity index (χ2v) is 7.74. The summed E-state index contributed by atoms with van der Waals surface area (Å²) in [4.78, 5) is 13.0. The molecule has 28 heavy (non-hydrogen) atoms. The lowest BCUT2D eigenvalue weighted by Crippen LogP contribution is -2.29. The average Bonchev–Trinajstić information content (AvgIpc) is 3.16. The molecule has 144 valence electrons. The molecule has 0 radical (unpaired) electrons. The number of halogens is 2. The summed E-state index contributed by atoms with van der Waals surface area (Å²) in [6, 6.07) is 13.7. The van der Waals surface area contributed by atoms with Crippen LogP contribution in [0.2, 0.25) is 0 Å². The maximum Gasteiger partial charge on any atom is 0.259 e. The fourth-order valence-electron chi connectivity index (χ4n) is 3.57. The molecule has 1 aromatic heterocycles. The predicted octanol–water partition coefficient (Wildman–Crippen LogP) is 4.49. The van der Waals surface area contributed by atoms with Crippen LogP contribution in [0.4, 0.5) is 10.1 Å². The monoisotopic (exact) mass is 442 g/mol. The van der Waals surface area contributed by atoms with Crippen molar-refractivity contribution in [1.82, 2.24) is 15.1 Å². The van der Waals surface area contributed by atoms with E-state index in [0.29, 0.717) is 16.9 Å². The Labute approximate surface area is 171 Å². The third-order valence-corrected chi connectivity index (χ3v) is 5.46. The summed E-state index contributed by atoms with van der Waals surface area (Å²) in [6.07, 6.45) is 3.38. The normalized spacial score (nSPS) is 14.8. The number of amides is 1. The Morgan fingerprint density at radius 3 is 2.64 bits per heavy atom. The summed E-state index contributed by atoms with van der Waals surface area (Å²) in [7, 11) is 0. The summed E-state index contributed by atoms with van der Waals surface area (Å²) in [5.41, 5.74) is 2.69. The summed E-state index contributed by atoms with van der Waals surface area (Å²) in [6.45, 7) is 1.76. The van der Waals surface area contributed by atoms with Gasteiger partial charge in [0.25, 0.3) is 5.91 Å². The van der Waals surface area contributed by atoms with E-state index in [4.69, 9.17) is 0 Å². The van der Waals surface area contributed by atoms with Crippen LogP contribution in [-0.2, 0) is 0 Å². The number of hydrogen-bond acceptors (Lipinski definition) is 3. The molecule has 0 aliphatic carbocycles. The largest absolute Gasteiger partial charge is 0.322 e. The first kappa shape index (κ1) is 18.8. The third kappa shape index (κ3) is 4.00. The van der Waals surface area contributed by atoms with E-state index in [9.17, 15) is 9.18 Å². The highest BCUT2D eigenvalue weighted by Crippen LogP contribution is 2.31. The van der Waals surface area contributed by atoms with E-state index in [1.807, 2.05) is 24.3 Å². The zero-order valence-corrected chi connectivity index (χ0v) is 16.7. The van der Waals surface area contributed by atoms with Crippen molar-refractivity contribution in [2.45, 2.75) is 18.8 Å². The molecule has 1 fully saturated rings. The fourth-order valence-corrected chi connectivity index (χ4v) is 3.83. The average molecular weight is 443 g/mol. The summed E-state index contributed by atoms with van der Waals surface area (Å²) >= 11 is 3.39. The topological polar surface area (TPSA) is 59.0 Å². The molecule has 1 amide bonds. The molecule has 0 unspecified atom stereocenters. The number of nitrogens with one attached hydrogen (secondary N) is 2. The summed E-state index contributed by atoms with van der Waals surface area (Å²) < 4.78 is 16.4. The van der Waals surface area contributed by atoms with E-state index >= 15 is 0 Å². The van der Waals surface area contributed by atoms with Gasteiger partial charge in [-0.05, 0) is 68.4 Å². The van der Waals surface area contributed by atoms with Gasteiger partial charge in [-0.1, -0.05) is 22.0 Å². The van der Waals surface area contributed by atoms with Crippen molar-refractivity contribution in [3.05, 3.63) is 76.3 Å². The minimum atomic E-state index is -0.329. The van der Waals surface area contributed by atoms with Gasteiger partial charge >= 0.3 is 0 Å². The van der Waals surface area contributed by atoms with Gasteiger partial charge < -0.3 is 10.6 Å². The number of carbonyl (C=O) groups excluding carboxylic acids is 1. The van der Waals surface area contributed by atoms with E-state index in [1.54, 1.807) is 23.0 Å². The quantitative estimate of drug-likeness (QED) is 0.625.